The van der Waals surface area contributed by atoms with Crippen LogP contribution in [0.5, 0.6) is 0 Å². The summed E-state index contributed by atoms with van der Waals surface area (Å²) in [6.45, 7) is 4.52. The normalized spacial score (nSPS) is 15.1. The summed E-state index contributed by atoms with van der Waals surface area (Å²) >= 11 is 3.41. The molecule has 2 N–H and O–H groups in total. The van der Waals surface area contributed by atoms with Crippen LogP contribution in [0, 0.1) is 6.92 Å². The number of amides is 1. The highest BCUT2D eigenvalue weighted by atomic mass is 79.9. The van der Waals surface area contributed by atoms with Crippen molar-refractivity contribution in [1.82, 2.24) is 10.6 Å². The Labute approximate surface area is 116 Å². The van der Waals surface area contributed by atoms with E-state index in [2.05, 4.69) is 32.6 Å². The molecule has 0 unspecified atom stereocenters. The van der Waals surface area contributed by atoms with Crippen molar-refractivity contribution in [3.63, 3.8) is 0 Å². The summed E-state index contributed by atoms with van der Waals surface area (Å²) in [6.07, 6.45) is 3.16. The molecule has 96 valence electrons. The molecule has 1 amide bonds. The van der Waals surface area contributed by atoms with E-state index in [1.165, 1.54) is 5.57 Å². The fraction of sp³-hybridized carbons (Fsp3) is 0.357. The zero-order chi connectivity index (χ0) is 13.0. The average molecular weight is 309 g/mol. The van der Waals surface area contributed by atoms with Gasteiger partial charge in [0.2, 0.25) is 0 Å². The lowest BCUT2D eigenvalue weighted by molar-refractivity contribution is 0.0956. The van der Waals surface area contributed by atoms with Crippen LogP contribution in [0.2, 0.25) is 0 Å². The zero-order valence-electron chi connectivity index (χ0n) is 10.4. The number of halogens is 1. The highest BCUT2D eigenvalue weighted by Crippen LogP contribution is 2.18. The molecule has 0 aromatic heterocycles. The third kappa shape index (κ3) is 3.43. The van der Waals surface area contributed by atoms with Crippen molar-refractivity contribution >= 4 is 21.8 Å². The summed E-state index contributed by atoms with van der Waals surface area (Å²) in [4.78, 5) is 12.1. The number of rotatable bonds is 3. The van der Waals surface area contributed by atoms with E-state index in [-0.39, 0.29) is 5.91 Å². The van der Waals surface area contributed by atoms with Crippen LogP contribution in [0.25, 0.3) is 0 Å². The van der Waals surface area contributed by atoms with Gasteiger partial charge in [-0.15, -0.1) is 0 Å². The molecule has 0 aliphatic carbocycles. The lowest BCUT2D eigenvalue weighted by Gasteiger charge is -2.15. The molecule has 3 nitrogen and oxygen atoms in total. The molecule has 0 saturated carbocycles. The molecule has 1 aromatic carbocycles. The number of carbonyl (C=O) groups excluding carboxylic acids is 1. The van der Waals surface area contributed by atoms with E-state index in [4.69, 9.17) is 0 Å². The van der Waals surface area contributed by atoms with Gasteiger partial charge in [0.25, 0.3) is 5.91 Å². The molecule has 1 aliphatic rings. The van der Waals surface area contributed by atoms with Crippen molar-refractivity contribution in [1.29, 1.82) is 0 Å². The molecule has 18 heavy (non-hydrogen) atoms. The molecule has 4 heteroatoms. The van der Waals surface area contributed by atoms with E-state index in [1.807, 2.05) is 25.1 Å². The Hall–Kier alpha value is -1.13. The Morgan fingerprint density at radius 1 is 1.50 bits per heavy atom. The van der Waals surface area contributed by atoms with Gasteiger partial charge in [0.05, 0.1) is 5.56 Å². The van der Waals surface area contributed by atoms with Gasteiger partial charge in [-0.2, -0.15) is 0 Å². The first kappa shape index (κ1) is 13.3. The fourth-order valence-electron chi connectivity index (χ4n) is 1.93. The summed E-state index contributed by atoms with van der Waals surface area (Å²) in [5, 5.41) is 6.23. The molecule has 1 aliphatic heterocycles. The maximum absolute atomic E-state index is 12.1. The highest BCUT2D eigenvalue weighted by molar-refractivity contribution is 9.10. The van der Waals surface area contributed by atoms with Crippen molar-refractivity contribution in [3.05, 3.63) is 45.4 Å². The first-order valence-corrected chi connectivity index (χ1v) is 6.89. The molecular formula is C14H17BrN2O. The van der Waals surface area contributed by atoms with Crippen molar-refractivity contribution < 1.29 is 4.79 Å². The van der Waals surface area contributed by atoms with Gasteiger partial charge in [-0.25, -0.2) is 0 Å². The predicted octanol–water partition coefficient (Wildman–Crippen LogP) is 2.41. The highest BCUT2D eigenvalue weighted by Gasteiger charge is 2.11. The van der Waals surface area contributed by atoms with Crippen molar-refractivity contribution in [2.75, 3.05) is 19.6 Å². The largest absolute Gasteiger partial charge is 0.348 e. The number of hydrogen-bond donors (Lipinski definition) is 2. The summed E-state index contributed by atoms with van der Waals surface area (Å²) < 4.78 is 0.838. The smallest absolute Gasteiger partial charge is 0.252 e. The Balaban J connectivity index is 1.99. The van der Waals surface area contributed by atoms with Crippen LogP contribution in [0.4, 0.5) is 0 Å². The first-order chi connectivity index (χ1) is 8.66. The van der Waals surface area contributed by atoms with Gasteiger partial charge >= 0.3 is 0 Å². The van der Waals surface area contributed by atoms with Gasteiger partial charge in [-0.3, -0.25) is 4.79 Å². The molecule has 1 heterocycles. The van der Waals surface area contributed by atoms with Crippen LogP contribution in [-0.2, 0) is 0 Å². The maximum Gasteiger partial charge on any atom is 0.252 e. The zero-order valence-corrected chi connectivity index (χ0v) is 12.0. The van der Waals surface area contributed by atoms with Crippen LogP contribution in [0.15, 0.2) is 34.3 Å². The lowest BCUT2D eigenvalue weighted by Crippen LogP contribution is -2.29. The van der Waals surface area contributed by atoms with Crippen LogP contribution in [0.3, 0.4) is 0 Å². The summed E-state index contributed by atoms with van der Waals surface area (Å²) in [5.41, 5.74) is 3.08. The minimum Gasteiger partial charge on any atom is -0.348 e. The number of hydrogen-bond acceptors (Lipinski definition) is 2. The second kappa shape index (κ2) is 6.16. The maximum atomic E-state index is 12.1. The number of benzene rings is 1. The third-order valence-electron chi connectivity index (χ3n) is 3.00. The van der Waals surface area contributed by atoms with E-state index in [0.29, 0.717) is 12.1 Å². The van der Waals surface area contributed by atoms with Crippen LogP contribution >= 0.6 is 15.9 Å². The summed E-state index contributed by atoms with van der Waals surface area (Å²) in [6, 6.07) is 5.79. The van der Waals surface area contributed by atoms with E-state index in [1.54, 1.807) is 0 Å². The molecule has 0 spiro atoms. The van der Waals surface area contributed by atoms with Crippen molar-refractivity contribution in [2.45, 2.75) is 13.3 Å². The lowest BCUT2D eigenvalue weighted by atomic mass is 10.1. The molecule has 0 bridgehead atoms. The van der Waals surface area contributed by atoms with Gasteiger partial charge in [0, 0.05) is 17.6 Å². The summed E-state index contributed by atoms with van der Waals surface area (Å²) in [7, 11) is 0. The van der Waals surface area contributed by atoms with Gasteiger partial charge in [0.15, 0.2) is 0 Å². The van der Waals surface area contributed by atoms with Gasteiger partial charge in [-0.1, -0.05) is 23.3 Å². The molecular weight excluding hydrogens is 292 g/mol. The van der Waals surface area contributed by atoms with Crippen LogP contribution in [0.1, 0.15) is 22.3 Å². The van der Waals surface area contributed by atoms with Crippen molar-refractivity contribution in [2.24, 2.45) is 0 Å². The van der Waals surface area contributed by atoms with Gasteiger partial charge in [-0.05, 0) is 48.0 Å². The van der Waals surface area contributed by atoms with E-state index in [9.17, 15) is 4.79 Å². The monoisotopic (exact) mass is 308 g/mol. The second-order valence-electron chi connectivity index (χ2n) is 4.48. The quantitative estimate of drug-likeness (QED) is 0.842. The fourth-order valence-corrected chi connectivity index (χ4v) is 2.36. The number of aryl methyl sites for hydroxylation is 1. The Morgan fingerprint density at radius 2 is 2.33 bits per heavy atom. The first-order valence-electron chi connectivity index (χ1n) is 6.10. The Bertz CT molecular complexity index is 483. The Morgan fingerprint density at radius 3 is 3.06 bits per heavy atom. The SMILES string of the molecule is Cc1ccc(Br)c(C(=O)NCC2=CCNCC2)c1. The predicted molar refractivity (Wildman–Crippen MR) is 76.8 cm³/mol. The second-order valence-corrected chi connectivity index (χ2v) is 5.34. The van der Waals surface area contributed by atoms with Crippen molar-refractivity contribution in [3.8, 4) is 0 Å². The number of nitrogens with one attached hydrogen (secondary N) is 2. The minimum absolute atomic E-state index is 0.0231. The van der Waals surface area contributed by atoms with Crippen LogP contribution < -0.4 is 10.6 Å². The molecule has 0 fully saturated rings. The molecule has 0 saturated heterocycles. The van der Waals surface area contributed by atoms with Gasteiger partial charge < -0.3 is 10.6 Å². The number of carbonyl (C=O) groups is 1. The molecule has 1 aromatic rings. The van der Waals surface area contributed by atoms with Gasteiger partial charge in [0.1, 0.15) is 0 Å². The average Bonchev–Trinajstić information content (AvgIpc) is 2.40. The van der Waals surface area contributed by atoms with E-state index in [0.717, 1.165) is 29.5 Å². The Kier molecular flexibility index (Phi) is 4.55. The molecule has 0 radical (unpaired) electrons. The van der Waals surface area contributed by atoms with Crippen LogP contribution in [-0.4, -0.2) is 25.5 Å². The molecule has 2 rings (SSSR count). The third-order valence-corrected chi connectivity index (χ3v) is 3.69. The summed E-state index contributed by atoms with van der Waals surface area (Å²) in [5.74, 6) is -0.0231. The topological polar surface area (TPSA) is 41.1 Å². The van der Waals surface area contributed by atoms with E-state index >= 15 is 0 Å². The molecule has 0 atom stereocenters. The standard InChI is InChI=1S/C14H17BrN2O/c1-10-2-3-13(15)12(8-10)14(18)17-9-11-4-6-16-7-5-11/h2-4,8,16H,5-7,9H2,1H3,(H,17,18). The minimum atomic E-state index is -0.0231. The van der Waals surface area contributed by atoms with E-state index < -0.39 is 0 Å².